The van der Waals surface area contributed by atoms with Gasteiger partial charge in [0.15, 0.2) is 11.5 Å². The van der Waals surface area contributed by atoms with Crippen LogP contribution in [0.5, 0.6) is 0 Å². The molecule has 0 bridgehead atoms. The molecular formula is C14H12BrN5O2. The number of nitrogens with zero attached hydrogens (tertiary/aromatic N) is 5. The van der Waals surface area contributed by atoms with E-state index in [2.05, 4.69) is 36.1 Å². The van der Waals surface area contributed by atoms with Gasteiger partial charge in [-0.2, -0.15) is 9.78 Å². The number of hydrogen-bond acceptors (Lipinski definition) is 5. The highest BCUT2D eigenvalue weighted by Gasteiger charge is 2.12. The minimum absolute atomic E-state index is 0.143. The van der Waals surface area contributed by atoms with Crippen molar-refractivity contribution < 1.29 is 9.53 Å². The van der Waals surface area contributed by atoms with Crippen molar-refractivity contribution in [3.63, 3.8) is 0 Å². The van der Waals surface area contributed by atoms with Crippen molar-refractivity contribution in [1.29, 1.82) is 0 Å². The van der Waals surface area contributed by atoms with E-state index in [-0.39, 0.29) is 5.69 Å². The lowest BCUT2D eigenvalue weighted by atomic mass is 10.2. The van der Waals surface area contributed by atoms with Gasteiger partial charge in [0.25, 0.3) is 0 Å². The fourth-order valence-corrected chi connectivity index (χ4v) is 2.18. The van der Waals surface area contributed by atoms with Gasteiger partial charge in [-0.15, -0.1) is 5.10 Å². The Hall–Kier alpha value is -2.48. The molecule has 0 atom stereocenters. The molecule has 0 N–H and O–H groups in total. The number of halogens is 1. The molecular weight excluding hydrogens is 350 g/mol. The molecule has 0 aliphatic carbocycles. The monoisotopic (exact) mass is 361 g/mol. The summed E-state index contributed by atoms with van der Waals surface area (Å²) >= 11 is 3.41. The molecule has 112 valence electrons. The molecule has 0 amide bonds. The Morgan fingerprint density at radius 3 is 2.77 bits per heavy atom. The second-order valence-electron chi connectivity index (χ2n) is 4.54. The molecule has 2 heterocycles. The lowest BCUT2D eigenvalue weighted by molar-refractivity contribution is 0.0594. The van der Waals surface area contributed by atoms with Gasteiger partial charge < -0.3 is 4.74 Å². The highest BCUT2D eigenvalue weighted by Crippen LogP contribution is 2.12. The maximum Gasteiger partial charge on any atom is 0.360 e. The van der Waals surface area contributed by atoms with E-state index in [1.807, 2.05) is 30.5 Å². The van der Waals surface area contributed by atoms with Crippen LogP contribution in [0.25, 0.3) is 5.82 Å². The molecule has 0 fully saturated rings. The summed E-state index contributed by atoms with van der Waals surface area (Å²) in [4.78, 5) is 11.4. The van der Waals surface area contributed by atoms with Crippen molar-refractivity contribution in [3.8, 4) is 5.82 Å². The van der Waals surface area contributed by atoms with E-state index in [0.717, 1.165) is 10.0 Å². The number of carbonyl (C=O) groups excluding carboxylic acids is 1. The molecule has 22 heavy (non-hydrogen) atoms. The standard InChI is InChI=1S/C14H12BrN5O2/c1-22-14(21)12-9-20(18-16-12)13-6-7-19(17-13)8-10-2-4-11(15)5-3-10/h2-7,9H,8H2,1H3. The van der Waals surface area contributed by atoms with Gasteiger partial charge in [-0.05, 0) is 17.7 Å². The summed E-state index contributed by atoms with van der Waals surface area (Å²) in [6.45, 7) is 0.645. The number of aromatic nitrogens is 5. The molecule has 0 spiro atoms. The molecule has 7 nitrogen and oxygen atoms in total. The Bertz CT molecular complexity index is 794. The topological polar surface area (TPSA) is 74.8 Å². The molecule has 0 aliphatic heterocycles. The Kier molecular flexibility index (Phi) is 4.01. The fraction of sp³-hybridized carbons (Fsp3) is 0.143. The Labute approximate surface area is 134 Å². The van der Waals surface area contributed by atoms with Crippen molar-refractivity contribution in [2.75, 3.05) is 7.11 Å². The molecule has 0 unspecified atom stereocenters. The molecule has 3 rings (SSSR count). The number of ether oxygens (including phenoxy) is 1. The Morgan fingerprint density at radius 2 is 2.05 bits per heavy atom. The second-order valence-corrected chi connectivity index (χ2v) is 5.45. The van der Waals surface area contributed by atoms with Crippen LogP contribution < -0.4 is 0 Å². The largest absolute Gasteiger partial charge is 0.464 e. The summed E-state index contributed by atoms with van der Waals surface area (Å²) in [5, 5.41) is 12.0. The second kappa shape index (κ2) is 6.10. The van der Waals surface area contributed by atoms with Crippen LogP contribution in [0.3, 0.4) is 0 Å². The number of methoxy groups -OCH3 is 1. The van der Waals surface area contributed by atoms with Crippen LogP contribution in [0, 0.1) is 0 Å². The van der Waals surface area contributed by atoms with E-state index >= 15 is 0 Å². The predicted octanol–water partition coefficient (Wildman–Crippen LogP) is 2.06. The Balaban J connectivity index is 1.77. The third-order valence-electron chi connectivity index (χ3n) is 3.01. The summed E-state index contributed by atoms with van der Waals surface area (Å²) < 4.78 is 8.86. The lowest BCUT2D eigenvalue weighted by Crippen LogP contribution is -2.03. The number of carbonyl (C=O) groups is 1. The summed E-state index contributed by atoms with van der Waals surface area (Å²) in [5.74, 6) is 0.0558. The van der Waals surface area contributed by atoms with Crippen LogP contribution in [0.1, 0.15) is 16.1 Å². The summed E-state index contributed by atoms with van der Waals surface area (Å²) in [5.41, 5.74) is 1.27. The van der Waals surface area contributed by atoms with Crippen molar-refractivity contribution in [2.24, 2.45) is 0 Å². The van der Waals surface area contributed by atoms with E-state index in [1.54, 1.807) is 10.7 Å². The zero-order valence-corrected chi connectivity index (χ0v) is 13.3. The van der Waals surface area contributed by atoms with Crippen LogP contribution in [-0.2, 0) is 11.3 Å². The van der Waals surface area contributed by atoms with Crippen molar-refractivity contribution in [2.45, 2.75) is 6.54 Å². The molecule has 1 aromatic carbocycles. The van der Waals surface area contributed by atoms with Crippen molar-refractivity contribution in [3.05, 3.63) is 58.5 Å². The summed E-state index contributed by atoms with van der Waals surface area (Å²) in [7, 11) is 1.30. The molecule has 2 aromatic heterocycles. The minimum Gasteiger partial charge on any atom is -0.464 e. The van der Waals surface area contributed by atoms with Gasteiger partial charge in [-0.25, -0.2) is 4.79 Å². The molecule has 3 aromatic rings. The maximum atomic E-state index is 11.4. The van der Waals surface area contributed by atoms with Crippen LogP contribution >= 0.6 is 15.9 Å². The SMILES string of the molecule is COC(=O)c1cn(-c2ccn(Cc3ccc(Br)cc3)n2)nn1. The third kappa shape index (κ3) is 3.06. The van der Waals surface area contributed by atoms with Gasteiger partial charge in [0.1, 0.15) is 0 Å². The van der Waals surface area contributed by atoms with Gasteiger partial charge in [0.2, 0.25) is 0 Å². The van der Waals surface area contributed by atoms with Gasteiger partial charge in [-0.1, -0.05) is 33.3 Å². The highest BCUT2D eigenvalue weighted by molar-refractivity contribution is 9.10. The molecule has 0 aliphatic rings. The van der Waals surface area contributed by atoms with Crippen LogP contribution in [-0.4, -0.2) is 37.9 Å². The maximum absolute atomic E-state index is 11.4. The molecule has 8 heteroatoms. The first-order chi connectivity index (χ1) is 10.7. The molecule has 0 radical (unpaired) electrons. The Morgan fingerprint density at radius 1 is 1.27 bits per heavy atom. The number of hydrogen-bond donors (Lipinski definition) is 0. The number of benzene rings is 1. The van der Waals surface area contributed by atoms with Gasteiger partial charge in [0, 0.05) is 16.7 Å². The zero-order valence-electron chi connectivity index (χ0n) is 11.7. The van der Waals surface area contributed by atoms with Crippen molar-refractivity contribution in [1.82, 2.24) is 24.8 Å². The first-order valence-corrected chi connectivity index (χ1v) is 7.24. The van der Waals surface area contributed by atoms with Crippen molar-refractivity contribution >= 4 is 21.9 Å². The zero-order chi connectivity index (χ0) is 15.5. The molecule has 0 saturated heterocycles. The van der Waals surface area contributed by atoms with Crippen LogP contribution in [0.2, 0.25) is 0 Å². The normalized spacial score (nSPS) is 10.6. The van der Waals surface area contributed by atoms with Crippen LogP contribution in [0.15, 0.2) is 47.2 Å². The fourth-order valence-electron chi connectivity index (χ4n) is 1.91. The van der Waals surface area contributed by atoms with E-state index < -0.39 is 5.97 Å². The van der Waals surface area contributed by atoms with E-state index in [9.17, 15) is 4.79 Å². The highest BCUT2D eigenvalue weighted by atomic mass is 79.9. The summed E-state index contributed by atoms with van der Waals surface area (Å²) in [6, 6.07) is 9.82. The lowest BCUT2D eigenvalue weighted by Gasteiger charge is -2.02. The summed E-state index contributed by atoms with van der Waals surface area (Å²) in [6.07, 6.45) is 3.33. The first-order valence-electron chi connectivity index (χ1n) is 6.44. The van der Waals surface area contributed by atoms with E-state index in [0.29, 0.717) is 12.4 Å². The van der Waals surface area contributed by atoms with E-state index in [4.69, 9.17) is 0 Å². The quantitative estimate of drug-likeness (QED) is 0.665. The average Bonchev–Trinajstić information content (AvgIpc) is 3.18. The molecule has 0 saturated carbocycles. The first kappa shape index (κ1) is 14.5. The van der Waals surface area contributed by atoms with Crippen LogP contribution in [0.4, 0.5) is 0 Å². The third-order valence-corrected chi connectivity index (χ3v) is 3.54. The minimum atomic E-state index is -0.527. The van der Waals surface area contributed by atoms with Gasteiger partial charge in [0.05, 0.1) is 19.9 Å². The smallest absolute Gasteiger partial charge is 0.360 e. The number of esters is 1. The average molecular weight is 362 g/mol. The van der Waals surface area contributed by atoms with Gasteiger partial charge >= 0.3 is 5.97 Å². The predicted molar refractivity (Wildman–Crippen MR) is 81.7 cm³/mol. The van der Waals surface area contributed by atoms with E-state index in [1.165, 1.54) is 18.0 Å². The van der Waals surface area contributed by atoms with Gasteiger partial charge in [-0.3, -0.25) is 4.68 Å². The number of rotatable bonds is 4.